The summed E-state index contributed by atoms with van der Waals surface area (Å²) in [6.45, 7) is 8.94. The maximum absolute atomic E-state index is 14.4. The fourth-order valence-corrected chi connectivity index (χ4v) is 7.24. The highest BCUT2D eigenvalue weighted by Gasteiger charge is 2.41. The third kappa shape index (κ3) is 3.55. The van der Waals surface area contributed by atoms with Crippen molar-refractivity contribution in [2.24, 2.45) is 0 Å². The van der Waals surface area contributed by atoms with E-state index in [9.17, 15) is 4.57 Å². The minimum atomic E-state index is -3.26. The van der Waals surface area contributed by atoms with Gasteiger partial charge in [-0.15, -0.1) is 0 Å². The van der Waals surface area contributed by atoms with Crippen LogP contribution < -0.4 is 9.83 Å². The molecule has 6 heteroatoms. The molecule has 0 aliphatic rings. The summed E-state index contributed by atoms with van der Waals surface area (Å²) in [5.74, 6) is 0.576. The number of benzene rings is 3. The lowest BCUT2D eigenvalue weighted by atomic mass is 10.1. The standard InChI is InChI=1S/C24H24Br2NO2P/c1-5-27-21-9-7-6-8-18(21)19-15-17(11-12-22(19)27)30(28,24(2,3)4)29-23-13-10-16(25)14-20(23)26/h6-15H,5H2,1-4H3. The molecule has 0 radical (unpaired) electrons. The second-order valence-corrected chi connectivity index (χ2v) is 13.3. The first-order valence-electron chi connectivity index (χ1n) is 9.92. The van der Waals surface area contributed by atoms with Crippen LogP contribution in [0.3, 0.4) is 0 Å². The van der Waals surface area contributed by atoms with Gasteiger partial charge in [-0.2, -0.15) is 0 Å². The molecule has 1 atom stereocenters. The van der Waals surface area contributed by atoms with Crippen molar-refractivity contribution in [3.05, 3.63) is 69.6 Å². The number of aromatic nitrogens is 1. The van der Waals surface area contributed by atoms with Gasteiger partial charge >= 0.3 is 0 Å². The highest BCUT2D eigenvalue weighted by atomic mass is 79.9. The Morgan fingerprint density at radius 2 is 1.63 bits per heavy atom. The van der Waals surface area contributed by atoms with Crippen LogP contribution >= 0.6 is 39.2 Å². The van der Waals surface area contributed by atoms with E-state index in [0.29, 0.717) is 5.75 Å². The zero-order valence-corrected chi connectivity index (χ0v) is 21.5. The van der Waals surface area contributed by atoms with Crippen molar-refractivity contribution >= 4 is 66.3 Å². The molecule has 0 aliphatic carbocycles. The molecule has 1 unspecified atom stereocenters. The molecule has 3 nitrogen and oxygen atoms in total. The van der Waals surface area contributed by atoms with Gasteiger partial charge in [0.2, 0.25) is 0 Å². The maximum Gasteiger partial charge on any atom is 0.282 e. The Labute approximate surface area is 194 Å². The predicted molar refractivity (Wildman–Crippen MR) is 135 cm³/mol. The van der Waals surface area contributed by atoms with Crippen molar-refractivity contribution in [1.29, 1.82) is 0 Å². The number of fused-ring (bicyclic) bond motifs is 3. The number of halogens is 2. The molecule has 0 saturated carbocycles. The van der Waals surface area contributed by atoms with E-state index < -0.39 is 12.5 Å². The summed E-state index contributed by atoms with van der Waals surface area (Å²) in [5.41, 5.74) is 2.34. The Morgan fingerprint density at radius 1 is 0.933 bits per heavy atom. The van der Waals surface area contributed by atoms with Crippen molar-refractivity contribution in [2.75, 3.05) is 0 Å². The number of nitrogens with zero attached hydrogens (tertiary/aromatic N) is 1. The van der Waals surface area contributed by atoms with Gasteiger partial charge in [-0.05, 0) is 86.1 Å². The van der Waals surface area contributed by atoms with Gasteiger partial charge in [-0.1, -0.05) is 34.1 Å². The average Bonchev–Trinajstić information content (AvgIpc) is 3.02. The summed E-state index contributed by atoms with van der Waals surface area (Å²) in [4.78, 5) is 0. The molecular formula is C24H24Br2NO2P. The lowest BCUT2D eigenvalue weighted by molar-refractivity contribution is 0.460. The molecule has 0 amide bonds. The molecule has 30 heavy (non-hydrogen) atoms. The van der Waals surface area contributed by atoms with E-state index in [1.807, 2.05) is 51.1 Å². The van der Waals surface area contributed by atoms with Crippen LogP contribution in [0.4, 0.5) is 0 Å². The second-order valence-electron chi connectivity index (χ2n) is 8.35. The fourth-order valence-electron chi connectivity index (χ4n) is 3.83. The minimum Gasteiger partial charge on any atom is -0.438 e. The molecule has 0 aliphatic heterocycles. The van der Waals surface area contributed by atoms with Gasteiger partial charge in [0.25, 0.3) is 7.37 Å². The Bertz CT molecular complexity index is 1300. The molecule has 4 rings (SSSR count). The summed E-state index contributed by atoms with van der Waals surface area (Å²) in [7, 11) is -3.26. The van der Waals surface area contributed by atoms with Crippen molar-refractivity contribution in [2.45, 2.75) is 39.4 Å². The van der Waals surface area contributed by atoms with Gasteiger partial charge in [0.1, 0.15) is 5.75 Å². The van der Waals surface area contributed by atoms with E-state index in [1.165, 1.54) is 10.9 Å². The van der Waals surface area contributed by atoms with Crippen molar-refractivity contribution in [1.82, 2.24) is 4.57 Å². The van der Waals surface area contributed by atoms with Crippen molar-refractivity contribution < 1.29 is 9.09 Å². The molecule has 0 bridgehead atoms. The zero-order valence-electron chi connectivity index (χ0n) is 17.4. The molecule has 156 valence electrons. The van der Waals surface area contributed by atoms with Gasteiger partial charge in [0.15, 0.2) is 0 Å². The highest BCUT2D eigenvalue weighted by Crippen LogP contribution is 2.58. The first-order chi connectivity index (χ1) is 14.2. The maximum atomic E-state index is 14.4. The Kier molecular flexibility index (Phi) is 5.67. The van der Waals surface area contributed by atoms with Crippen LogP contribution in [0.5, 0.6) is 5.75 Å². The third-order valence-corrected chi connectivity index (χ3v) is 9.71. The summed E-state index contributed by atoms with van der Waals surface area (Å²) >= 11 is 7.01. The van der Waals surface area contributed by atoms with Gasteiger partial charge in [0, 0.05) is 38.1 Å². The molecule has 3 aromatic carbocycles. The molecule has 4 aromatic rings. The lowest BCUT2D eigenvalue weighted by Gasteiger charge is -2.31. The zero-order chi connectivity index (χ0) is 21.7. The quantitative estimate of drug-likeness (QED) is 0.241. The molecule has 1 heterocycles. The summed E-state index contributed by atoms with van der Waals surface area (Å²) in [5, 5.41) is 2.43. The van der Waals surface area contributed by atoms with E-state index in [2.05, 4.69) is 73.7 Å². The van der Waals surface area contributed by atoms with Crippen molar-refractivity contribution in [3.63, 3.8) is 0 Å². The van der Waals surface area contributed by atoms with Gasteiger partial charge < -0.3 is 9.09 Å². The molecule has 0 fully saturated rings. The largest absolute Gasteiger partial charge is 0.438 e. The van der Waals surface area contributed by atoms with E-state index >= 15 is 0 Å². The van der Waals surface area contributed by atoms with Crippen LogP contribution in [0.1, 0.15) is 27.7 Å². The number of aryl methyl sites for hydroxylation is 1. The summed E-state index contributed by atoms with van der Waals surface area (Å²) in [6.07, 6.45) is 0. The minimum absolute atomic E-state index is 0.573. The van der Waals surface area contributed by atoms with E-state index in [0.717, 1.165) is 31.7 Å². The number of hydrogen-bond acceptors (Lipinski definition) is 2. The van der Waals surface area contributed by atoms with Gasteiger partial charge in [-0.25, -0.2) is 0 Å². The summed E-state index contributed by atoms with van der Waals surface area (Å²) < 4.78 is 24.7. The topological polar surface area (TPSA) is 31.2 Å². The molecular weight excluding hydrogens is 525 g/mol. The smallest absolute Gasteiger partial charge is 0.282 e. The molecule has 0 N–H and O–H groups in total. The average molecular weight is 549 g/mol. The predicted octanol–water partition coefficient (Wildman–Crippen LogP) is 8.12. The number of para-hydroxylation sites is 1. The monoisotopic (exact) mass is 547 g/mol. The van der Waals surface area contributed by atoms with E-state index in [4.69, 9.17) is 4.52 Å². The molecule has 0 spiro atoms. The first-order valence-corrected chi connectivity index (χ1v) is 13.1. The van der Waals surface area contributed by atoms with E-state index in [1.54, 1.807) is 0 Å². The van der Waals surface area contributed by atoms with Crippen LogP contribution in [-0.2, 0) is 11.1 Å². The van der Waals surface area contributed by atoms with E-state index in [-0.39, 0.29) is 0 Å². The normalized spacial score (nSPS) is 14.2. The SMILES string of the molecule is CCn1c2ccccc2c2cc(P(=O)(Oc3ccc(Br)cc3Br)C(C)(C)C)ccc21. The van der Waals surface area contributed by atoms with Crippen LogP contribution in [0, 0.1) is 0 Å². The van der Waals surface area contributed by atoms with Crippen molar-refractivity contribution in [3.8, 4) is 5.75 Å². The second kappa shape index (κ2) is 7.85. The fraction of sp³-hybridized carbons (Fsp3) is 0.250. The van der Waals surface area contributed by atoms with Crippen LogP contribution in [0.2, 0.25) is 0 Å². The summed E-state index contributed by atoms with van der Waals surface area (Å²) in [6, 6.07) is 20.1. The Balaban J connectivity index is 1.94. The lowest BCUT2D eigenvalue weighted by Crippen LogP contribution is -2.26. The number of rotatable bonds is 4. The first kappa shape index (κ1) is 21.7. The Morgan fingerprint density at radius 3 is 2.30 bits per heavy atom. The molecule has 1 aromatic heterocycles. The highest BCUT2D eigenvalue weighted by molar-refractivity contribution is 9.11. The molecule has 0 saturated heterocycles. The number of hydrogen-bond donors (Lipinski definition) is 0. The third-order valence-electron chi connectivity index (χ3n) is 5.42. The van der Waals surface area contributed by atoms with Crippen LogP contribution in [0.25, 0.3) is 21.8 Å². The Hall–Kier alpha value is -1.55. The van der Waals surface area contributed by atoms with Gasteiger partial charge in [0.05, 0.1) is 9.63 Å². The van der Waals surface area contributed by atoms with Crippen LogP contribution in [-0.4, -0.2) is 9.72 Å². The van der Waals surface area contributed by atoms with Crippen LogP contribution in [0.15, 0.2) is 69.6 Å². The van der Waals surface area contributed by atoms with Gasteiger partial charge in [-0.3, -0.25) is 4.57 Å².